The zero-order chi connectivity index (χ0) is 6.57. The summed E-state index contributed by atoms with van der Waals surface area (Å²) in [6.07, 6.45) is 4.11. The maximum Gasteiger partial charge on any atom is -0.00595 e. The number of hydrogen-bond acceptors (Lipinski definition) is 2. The van der Waals surface area contributed by atoms with Gasteiger partial charge in [-0.1, -0.05) is 0 Å². The summed E-state index contributed by atoms with van der Waals surface area (Å²) >= 11 is 3.46. The van der Waals surface area contributed by atoms with Crippen LogP contribution in [0.1, 0.15) is 6.92 Å². The molecule has 0 rings (SSSR count). The van der Waals surface area contributed by atoms with E-state index in [-0.39, 0.29) is 0 Å². The fourth-order valence-corrected chi connectivity index (χ4v) is 1.27. The molecule has 47 valence electrons. The lowest BCUT2D eigenvalue weighted by Gasteiger charge is -1.98. The summed E-state index contributed by atoms with van der Waals surface area (Å²) in [5, 5.41) is 0. The van der Waals surface area contributed by atoms with Crippen molar-refractivity contribution in [2.75, 3.05) is 12.5 Å². The highest BCUT2D eigenvalue weighted by Gasteiger charge is 1.89. The van der Waals surface area contributed by atoms with E-state index in [9.17, 15) is 0 Å². The molecule has 0 bridgehead atoms. The van der Waals surface area contributed by atoms with Crippen LogP contribution in [0.5, 0.6) is 0 Å². The molecule has 0 aromatic carbocycles. The van der Waals surface area contributed by atoms with Gasteiger partial charge >= 0.3 is 0 Å². The van der Waals surface area contributed by atoms with E-state index in [0.717, 1.165) is 0 Å². The van der Waals surface area contributed by atoms with E-state index in [1.807, 2.05) is 6.26 Å². The van der Waals surface area contributed by atoms with E-state index in [0.29, 0.717) is 0 Å². The monoisotopic (exact) mass is 147 g/mol. The Hall–Kier alpha value is 0.440. The Morgan fingerprint density at radius 3 is 1.88 bits per heavy atom. The zero-order valence-corrected chi connectivity index (χ0v) is 7.16. The second-order valence-corrected chi connectivity index (χ2v) is 3.31. The molecule has 0 N–H and O–H groups in total. The summed E-state index contributed by atoms with van der Waals surface area (Å²) in [5.74, 6) is 0. The zero-order valence-electron chi connectivity index (χ0n) is 5.52. The summed E-state index contributed by atoms with van der Waals surface area (Å²) in [6, 6.07) is 0. The van der Waals surface area contributed by atoms with E-state index >= 15 is 0 Å². The average Bonchev–Trinajstić information content (AvgIpc) is 1.84. The molecule has 0 unspecified atom stereocenters. The molecular weight excluding hydrogens is 136 g/mol. The second-order valence-electron chi connectivity index (χ2n) is 1.39. The van der Waals surface area contributed by atoms with Gasteiger partial charge in [0, 0.05) is 0 Å². The molecule has 0 fully saturated rings. The first kappa shape index (κ1) is 8.44. The molecule has 0 aromatic rings. The minimum atomic E-state index is 1.18. The van der Waals surface area contributed by atoms with Crippen molar-refractivity contribution in [2.45, 2.75) is 6.92 Å². The van der Waals surface area contributed by atoms with Gasteiger partial charge < -0.3 is 0 Å². The molecule has 0 saturated heterocycles. The Kier molecular flexibility index (Phi) is 4.57. The average molecular weight is 147 g/mol. The summed E-state index contributed by atoms with van der Waals surface area (Å²) in [5.41, 5.74) is 0. The van der Waals surface area contributed by atoms with Crippen molar-refractivity contribution in [3.8, 4) is 0 Å². The molecular formula is C6H11S2. The maximum atomic E-state index is 3.85. The van der Waals surface area contributed by atoms with Crippen molar-refractivity contribution in [2.24, 2.45) is 0 Å². The lowest BCUT2D eigenvalue weighted by molar-refractivity contribution is 1.65. The van der Waals surface area contributed by atoms with Crippen LogP contribution in [0.3, 0.4) is 0 Å². The summed E-state index contributed by atoms with van der Waals surface area (Å²) < 4.78 is 0. The van der Waals surface area contributed by atoms with Crippen LogP contribution in [-0.4, -0.2) is 12.5 Å². The molecule has 0 heterocycles. The first-order chi connectivity index (χ1) is 3.72. The van der Waals surface area contributed by atoms with Gasteiger partial charge in [-0.25, -0.2) is 0 Å². The highest BCUT2D eigenvalue weighted by atomic mass is 32.2. The van der Waals surface area contributed by atoms with Crippen LogP contribution in [0.4, 0.5) is 0 Å². The van der Waals surface area contributed by atoms with Gasteiger partial charge in [0.1, 0.15) is 0 Å². The molecule has 0 aliphatic heterocycles. The molecule has 0 aliphatic carbocycles. The molecule has 1 radical (unpaired) electrons. The van der Waals surface area contributed by atoms with E-state index in [1.54, 1.807) is 23.5 Å². The highest BCUT2D eigenvalue weighted by Crippen LogP contribution is 2.21. The minimum absolute atomic E-state index is 1.18. The quantitative estimate of drug-likeness (QED) is 0.589. The fraction of sp³-hybridized carbons (Fsp3) is 0.500. The Morgan fingerprint density at radius 2 is 1.75 bits per heavy atom. The molecule has 0 aliphatic rings. The Balaban J connectivity index is 3.83. The van der Waals surface area contributed by atoms with Crippen molar-refractivity contribution < 1.29 is 0 Å². The summed E-state index contributed by atoms with van der Waals surface area (Å²) in [6.45, 7) is 5.94. The van der Waals surface area contributed by atoms with Gasteiger partial charge in [-0.3, -0.25) is 0 Å². The van der Waals surface area contributed by atoms with Crippen LogP contribution in [0, 0.1) is 6.92 Å². The number of rotatable bonds is 2. The molecule has 0 atom stereocenters. The number of allylic oxidation sites excluding steroid dienone is 2. The Labute approximate surface area is 60.1 Å². The van der Waals surface area contributed by atoms with Gasteiger partial charge in [0.2, 0.25) is 0 Å². The first-order valence-electron chi connectivity index (χ1n) is 2.33. The van der Waals surface area contributed by atoms with Crippen LogP contribution in [0.15, 0.2) is 9.81 Å². The third kappa shape index (κ3) is 2.68. The number of hydrogen-bond donors (Lipinski definition) is 0. The molecule has 2 heteroatoms. The highest BCUT2D eigenvalue weighted by molar-refractivity contribution is 8.06. The summed E-state index contributed by atoms with van der Waals surface area (Å²) in [4.78, 5) is 2.50. The van der Waals surface area contributed by atoms with Gasteiger partial charge in [0.15, 0.2) is 0 Å². The topological polar surface area (TPSA) is 0 Å². The van der Waals surface area contributed by atoms with Gasteiger partial charge in [-0.2, -0.15) is 0 Å². The van der Waals surface area contributed by atoms with Crippen molar-refractivity contribution in [3.63, 3.8) is 0 Å². The largest absolute Gasteiger partial charge is 0.134 e. The second kappa shape index (κ2) is 4.33. The fourth-order valence-electron chi connectivity index (χ4n) is 0.258. The third-order valence-electron chi connectivity index (χ3n) is 0.945. The van der Waals surface area contributed by atoms with E-state index < -0.39 is 0 Å². The first-order valence-corrected chi connectivity index (χ1v) is 4.78. The molecule has 0 spiro atoms. The number of thioether (sulfide) groups is 2. The smallest absolute Gasteiger partial charge is 0.00595 e. The van der Waals surface area contributed by atoms with Crippen molar-refractivity contribution in [1.82, 2.24) is 0 Å². The standard InChI is InChI=1S/C6H11S2/c1-5(7-3)6(2)8-4/h1H2,2-4H3. The molecule has 0 aromatic heterocycles. The molecule has 0 nitrogen and oxygen atoms in total. The Morgan fingerprint density at radius 1 is 1.25 bits per heavy atom. The van der Waals surface area contributed by atoms with Crippen LogP contribution in [0.25, 0.3) is 0 Å². The van der Waals surface area contributed by atoms with Crippen LogP contribution < -0.4 is 0 Å². The molecule has 0 amide bonds. The van der Waals surface area contributed by atoms with Crippen LogP contribution in [0.2, 0.25) is 0 Å². The predicted octanol–water partition coefficient (Wildman–Crippen LogP) is 2.78. The van der Waals surface area contributed by atoms with Crippen molar-refractivity contribution in [1.29, 1.82) is 0 Å². The molecule has 8 heavy (non-hydrogen) atoms. The van der Waals surface area contributed by atoms with Crippen molar-refractivity contribution >= 4 is 23.5 Å². The molecule has 0 saturated carbocycles. The van der Waals surface area contributed by atoms with Crippen LogP contribution in [-0.2, 0) is 0 Å². The van der Waals surface area contributed by atoms with Gasteiger partial charge in [-0.05, 0) is 36.2 Å². The van der Waals surface area contributed by atoms with Gasteiger partial charge in [-0.15, -0.1) is 23.5 Å². The third-order valence-corrected chi connectivity index (χ3v) is 2.73. The SMILES string of the molecule is [CH2]C(SC)=C(C)SC. The Bertz CT molecular complexity index is 82.7. The van der Waals surface area contributed by atoms with E-state index in [4.69, 9.17) is 0 Å². The summed E-state index contributed by atoms with van der Waals surface area (Å²) in [7, 11) is 0. The maximum absolute atomic E-state index is 3.85. The predicted molar refractivity (Wildman–Crippen MR) is 45.1 cm³/mol. The van der Waals surface area contributed by atoms with E-state index in [2.05, 4.69) is 20.1 Å². The lowest BCUT2D eigenvalue weighted by Crippen LogP contribution is -1.70. The normalized spacial score (nSPS) is 13.5. The van der Waals surface area contributed by atoms with Crippen molar-refractivity contribution in [3.05, 3.63) is 16.7 Å². The van der Waals surface area contributed by atoms with Crippen LogP contribution >= 0.6 is 23.5 Å². The van der Waals surface area contributed by atoms with Gasteiger partial charge in [0.05, 0.1) is 0 Å². The van der Waals surface area contributed by atoms with E-state index in [1.165, 1.54) is 9.81 Å². The van der Waals surface area contributed by atoms with Gasteiger partial charge in [0.25, 0.3) is 0 Å². The minimum Gasteiger partial charge on any atom is -0.134 e. The lowest BCUT2D eigenvalue weighted by atomic mass is 10.6.